The number of rotatable bonds is 2. The Bertz CT molecular complexity index is 690. The molecule has 0 radical (unpaired) electrons. The van der Waals surface area contributed by atoms with E-state index in [-0.39, 0.29) is 17.7 Å². The van der Waals surface area contributed by atoms with E-state index in [9.17, 15) is 9.50 Å². The molecule has 3 nitrogen and oxygen atoms in total. The average Bonchev–Trinajstić information content (AvgIpc) is 2.48. The van der Waals surface area contributed by atoms with Gasteiger partial charge in [0, 0.05) is 22.7 Å². The van der Waals surface area contributed by atoms with Gasteiger partial charge in [-0.25, -0.2) is 4.39 Å². The predicted molar refractivity (Wildman–Crippen MR) is 80.3 cm³/mol. The summed E-state index contributed by atoms with van der Waals surface area (Å²) in [6.45, 7) is 0.407. The van der Waals surface area contributed by atoms with Crippen molar-refractivity contribution in [2.75, 3.05) is 6.54 Å². The zero-order valence-corrected chi connectivity index (χ0v) is 12.0. The van der Waals surface area contributed by atoms with Crippen LogP contribution in [-0.2, 0) is 6.42 Å². The summed E-state index contributed by atoms with van der Waals surface area (Å²) in [5, 5.41) is 10.1. The fourth-order valence-corrected chi connectivity index (χ4v) is 2.82. The number of fused-ring (bicyclic) bond motifs is 1. The van der Waals surface area contributed by atoms with Gasteiger partial charge in [0.1, 0.15) is 23.4 Å². The third-order valence-electron chi connectivity index (χ3n) is 3.65. The summed E-state index contributed by atoms with van der Waals surface area (Å²) in [6.07, 6.45) is 1.39. The molecule has 2 aromatic rings. The molecule has 21 heavy (non-hydrogen) atoms. The standard InChI is InChI=1S/C16H15ClFNO2/c17-15-4-2-11(20)7-13(15)14-6-10(18)5-9-1-3-12(8-19)21-16(9)14/h2,4-7,12,20H,1,3,8,19H2/t12-/m1/s1. The highest BCUT2D eigenvalue weighted by Gasteiger charge is 2.24. The minimum absolute atomic E-state index is 0.0681. The molecule has 1 aliphatic rings. The Balaban J connectivity index is 2.18. The molecule has 0 saturated carbocycles. The summed E-state index contributed by atoms with van der Waals surface area (Å²) in [5.41, 5.74) is 7.56. The third kappa shape index (κ3) is 2.69. The van der Waals surface area contributed by atoms with Crippen molar-refractivity contribution in [1.82, 2.24) is 0 Å². The van der Waals surface area contributed by atoms with E-state index in [0.717, 1.165) is 12.0 Å². The van der Waals surface area contributed by atoms with Crippen LogP contribution in [0.3, 0.4) is 0 Å². The fraction of sp³-hybridized carbons (Fsp3) is 0.250. The normalized spacial score (nSPS) is 17.2. The molecule has 2 aromatic carbocycles. The van der Waals surface area contributed by atoms with Crippen LogP contribution in [0, 0.1) is 5.82 Å². The number of hydrogen-bond acceptors (Lipinski definition) is 3. The number of phenols is 1. The van der Waals surface area contributed by atoms with Gasteiger partial charge in [0.25, 0.3) is 0 Å². The summed E-state index contributed by atoms with van der Waals surface area (Å²) in [4.78, 5) is 0. The lowest BCUT2D eigenvalue weighted by molar-refractivity contribution is 0.182. The Kier molecular flexibility index (Phi) is 3.74. The minimum atomic E-state index is -0.349. The van der Waals surface area contributed by atoms with Crippen LogP contribution >= 0.6 is 11.6 Å². The van der Waals surface area contributed by atoms with Gasteiger partial charge in [-0.3, -0.25) is 0 Å². The van der Waals surface area contributed by atoms with Gasteiger partial charge in [0.15, 0.2) is 0 Å². The number of aryl methyl sites for hydroxylation is 1. The molecule has 0 amide bonds. The Hall–Kier alpha value is -1.78. The molecular weight excluding hydrogens is 293 g/mol. The summed E-state index contributed by atoms with van der Waals surface area (Å²) >= 11 is 6.18. The molecule has 0 bridgehead atoms. The van der Waals surface area contributed by atoms with Crippen LogP contribution in [0.4, 0.5) is 4.39 Å². The smallest absolute Gasteiger partial charge is 0.131 e. The minimum Gasteiger partial charge on any atom is -0.508 e. The predicted octanol–water partition coefficient (Wildman–Crippen LogP) is 3.50. The van der Waals surface area contributed by atoms with Crippen LogP contribution in [0.25, 0.3) is 11.1 Å². The molecule has 110 valence electrons. The first-order valence-electron chi connectivity index (χ1n) is 6.76. The maximum absolute atomic E-state index is 13.9. The number of nitrogens with two attached hydrogens (primary N) is 1. The first-order chi connectivity index (χ1) is 10.1. The largest absolute Gasteiger partial charge is 0.508 e. The van der Waals surface area contributed by atoms with E-state index in [1.807, 2.05) is 0 Å². The van der Waals surface area contributed by atoms with Gasteiger partial charge in [0.2, 0.25) is 0 Å². The number of hydrogen-bond donors (Lipinski definition) is 2. The van der Waals surface area contributed by atoms with Crippen molar-refractivity contribution < 1.29 is 14.2 Å². The van der Waals surface area contributed by atoms with Crippen LogP contribution < -0.4 is 10.5 Å². The number of halogens is 2. The van der Waals surface area contributed by atoms with Crippen molar-refractivity contribution in [1.29, 1.82) is 0 Å². The second-order valence-electron chi connectivity index (χ2n) is 5.12. The monoisotopic (exact) mass is 307 g/mol. The van der Waals surface area contributed by atoms with E-state index in [4.69, 9.17) is 22.1 Å². The molecular formula is C16H15ClFNO2. The molecule has 0 spiro atoms. The maximum Gasteiger partial charge on any atom is 0.131 e. The Morgan fingerprint density at radius 2 is 2.10 bits per heavy atom. The first kappa shape index (κ1) is 14.2. The van der Waals surface area contributed by atoms with Gasteiger partial charge >= 0.3 is 0 Å². The van der Waals surface area contributed by atoms with Crippen molar-refractivity contribution in [3.63, 3.8) is 0 Å². The van der Waals surface area contributed by atoms with Gasteiger partial charge in [-0.15, -0.1) is 0 Å². The summed E-state index contributed by atoms with van der Waals surface area (Å²) < 4.78 is 19.8. The first-order valence-corrected chi connectivity index (χ1v) is 7.14. The fourth-order valence-electron chi connectivity index (χ4n) is 2.60. The van der Waals surface area contributed by atoms with E-state index in [1.165, 1.54) is 24.3 Å². The summed E-state index contributed by atoms with van der Waals surface area (Å²) in [6, 6.07) is 7.42. The highest BCUT2D eigenvalue weighted by atomic mass is 35.5. The Morgan fingerprint density at radius 3 is 2.86 bits per heavy atom. The zero-order valence-electron chi connectivity index (χ0n) is 11.3. The molecule has 0 fully saturated rings. The number of benzene rings is 2. The SMILES string of the molecule is NC[C@H]1CCc2cc(F)cc(-c3cc(O)ccc3Cl)c2O1. The average molecular weight is 308 g/mol. The second kappa shape index (κ2) is 5.54. The van der Waals surface area contributed by atoms with Gasteiger partial charge < -0.3 is 15.6 Å². The zero-order chi connectivity index (χ0) is 15.0. The van der Waals surface area contributed by atoms with E-state index in [1.54, 1.807) is 6.07 Å². The van der Waals surface area contributed by atoms with Crippen molar-refractivity contribution >= 4 is 11.6 Å². The number of ether oxygens (including phenoxy) is 1. The van der Waals surface area contributed by atoms with Gasteiger partial charge in [-0.1, -0.05) is 11.6 Å². The lowest BCUT2D eigenvalue weighted by atomic mass is 9.95. The Labute approximate surface area is 127 Å². The molecule has 0 aromatic heterocycles. The van der Waals surface area contributed by atoms with E-state index >= 15 is 0 Å². The van der Waals surface area contributed by atoms with Crippen LogP contribution in [0.1, 0.15) is 12.0 Å². The van der Waals surface area contributed by atoms with Crippen LogP contribution in [0.15, 0.2) is 30.3 Å². The third-order valence-corrected chi connectivity index (χ3v) is 3.98. The summed E-state index contributed by atoms with van der Waals surface area (Å²) in [7, 11) is 0. The highest BCUT2D eigenvalue weighted by molar-refractivity contribution is 6.33. The van der Waals surface area contributed by atoms with E-state index in [0.29, 0.717) is 34.9 Å². The van der Waals surface area contributed by atoms with Crippen molar-refractivity contribution in [2.24, 2.45) is 5.73 Å². The molecule has 5 heteroatoms. The highest BCUT2D eigenvalue weighted by Crippen LogP contribution is 2.42. The topological polar surface area (TPSA) is 55.5 Å². The van der Waals surface area contributed by atoms with Gasteiger partial charge in [-0.05, 0) is 48.7 Å². The van der Waals surface area contributed by atoms with E-state index < -0.39 is 0 Å². The van der Waals surface area contributed by atoms with Crippen LogP contribution in [0.5, 0.6) is 11.5 Å². The van der Waals surface area contributed by atoms with Crippen molar-refractivity contribution in [3.05, 3.63) is 46.7 Å². The molecule has 1 heterocycles. The van der Waals surface area contributed by atoms with Crippen molar-refractivity contribution in [2.45, 2.75) is 18.9 Å². The number of phenolic OH excluding ortho intramolecular Hbond substituents is 1. The summed E-state index contributed by atoms with van der Waals surface area (Å²) in [5.74, 6) is 0.321. The molecule has 1 atom stereocenters. The lowest BCUT2D eigenvalue weighted by Gasteiger charge is -2.27. The maximum atomic E-state index is 13.9. The van der Waals surface area contributed by atoms with Gasteiger partial charge in [-0.2, -0.15) is 0 Å². The quantitative estimate of drug-likeness (QED) is 0.893. The van der Waals surface area contributed by atoms with E-state index in [2.05, 4.69) is 0 Å². The molecule has 0 saturated heterocycles. The van der Waals surface area contributed by atoms with Crippen LogP contribution in [0.2, 0.25) is 5.02 Å². The second-order valence-corrected chi connectivity index (χ2v) is 5.53. The molecule has 3 rings (SSSR count). The number of aromatic hydroxyl groups is 1. The Morgan fingerprint density at radius 1 is 1.29 bits per heavy atom. The van der Waals surface area contributed by atoms with Crippen LogP contribution in [-0.4, -0.2) is 17.8 Å². The molecule has 0 aliphatic carbocycles. The molecule has 1 aliphatic heterocycles. The van der Waals surface area contributed by atoms with Crippen molar-refractivity contribution in [3.8, 4) is 22.6 Å². The van der Waals surface area contributed by atoms with Gasteiger partial charge in [0.05, 0.1) is 0 Å². The molecule has 3 N–H and O–H groups in total. The lowest BCUT2D eigenvalue weighted by Crippen LogP contribution is -2.30. The molecule has 0 unspecified atom stereocenters.